The lowest BCUT2D eigenvalue weighted by Crippen LogP contribution is -2.22. The Balaban J connectivity index is 2.18. The van der Waals surface area contributed by atoms with Gasteiger partial charge in [-0.25, -0.2) is 4.79 Å². The van der Waals surface area contributed by atoms with Gasteiger partial charge in [-0.05, 0) is 12.1 Å². The molecule has 96 valence electrons. The van der Waals surface area contributed by atoms with Gasteiger partial charge in [0.25, 0.3) is 0 Å². The van der Waals surface area contributed by atoms with Crippen LogP contribution in [0.1, 0.15) is 5.69 Å². The quantitative estimate of drug-likeness (QED) is 0.665. The van der Waals surface area contributed by atoms with Crippen LogP contribution in [-0.2, 0) is 11.2 Å². The summed E-state index contributed by atoms with van der Waals surface area (Å²) in [7, 11) is 0. The lowest BCUT2D eigenvalue weighted by molar-refractivity contribution is -0.146. The standard InChI is InChI=1S/C14H12N2O3/c17-12(14(18)19)7-11-13-9(5-6-15-11)8-3-1-2-4-10(8)16-13/h1-6,12,16-17H,7H2,(H,18,19). The number of nitrogens with one attached hydrogen (secondary N) is 1. The predicted molar refractivity (Wildman–Crippen MR) is 70.9 cm³/mol. The summed E-state index contributed by atoms with van der Waals surface area (Å²) < 4.78 is 0. The number of carboxylic acids is 1. The van der Waals surface area contributed by atoms with Crippen LogP contribution >= 0.6 is 0 Å². The maximum atomic E-state index is 10.7. The first-order valence-corrected chi connectivity index (χ1v) is 5.92. The SMILES string of the molecule is O=C(O)C(O)Cc1nccc2c1[nH]c1ccccc12. The molecule has 0 aliphatic rings. The number of nitrogens with zero attached hydrogens (tertiary/aromatic N) is 1. The van der Waals surface area contributed by atoms with Crippen LogP contribution < -0.4 is 0 Å². The van der Waals surface area contributed by atoms with Crippen LogP contribution in [0.2, 0.25) is 0 Å². The number of aliphatic carboxylic acids is 1. The molecule has 3 N–H and O–H groups in total. The third-order valence-corrected chi connectivity index (χ3v) is 3.18. The van der Waals surface area contributed by atoms with Crippen molar-refractivity contribution >= 4 is 27.8 Å². The molecular weight excluding hydrogens is 244 g/mol. The van der Waals surface area contributed by atoms with Gasteiger partial charge in [0.2, 0.25) is 0 Å². The summed E-state index contributed by atoms with van der Waals surface area (Å²) in [6.45, 7) is 0. The van der Waals surface area contributed by atoms with Gasteiger partial charge in [0.05, 0.1) is 11.2 Å². The number of fused-ring (bicyclic) bond motifs is 3. The molecule has 5 heteroatoms. The van der Waals surface area contributed by atoms with Crippen molar-refractivity contribution in [1.82, 2.24) is 9.97 Å². The Kier molecular flexibility index (Phi) is 2.68. The van der Waals surface area contributed by atoms with Gasteiger partial charge < -0.3 is 15.2 Å². The fraction of sp³-hybridized carbons (Fsp3) is 0.143. The number of rotatable bonds is 3. The normalized spacial score (nSPS) is 12.9. The average Bonchev–Trinajstić information content (AvgIpc) is 2.78. The lowest BCUT2D eigenvalue weighted by atomic mass is 10.1. The molecule has 0 aliphatic carbocycles. The van der Waals surface area contributed by atoms with Crippen LogP contribution in [0.5, 0.6) is 0 Å². The summed E-state index contributed by atoms with van der Waals surface area (Å²) in [4.78, 5) is 18.1. The van der Waals surface area contributed by atoms with E-state index >= 15 is 0 Å². The van der Waals surface area contributed by atoms with Crippen molar-refractivity contribution in [3.05, 3.63) is 42.2 Å². The largest absolute Gasteiger partial charge is 0.479 e. The molecule has 2 aromatic heterocycles. The molecule has 1 atom stereocenters. The van der Waals surface area contributed by atoms with E-state index in [0.29, 0.717) is 5.69 Å². The summed E-state index contributed by atoms with van der Waals surface area (Å²) in [6, 6.07) is 9.70. The fourth-order valence-corrected chi connectivity index (χ4v) is 2.26. The number of hydrogen-bond donors (Lipinski definition) is 3. The van der Waals surface area contributed by atoms with E-state index in [-0.39, 0.29) is 6.42 Å². The van der Waals surface area contributed by atoms with E-state index < -0.39 is 12.1 Å². The van der Waals surface area contributed by atoms with Gasteiger partial charge in [-0.2, -0.15) is 0 Å². The zero-order valence-corrected chi connectivity index (χ0v) is 10.00. The molecule has 1 aromatic carbocycles. The van der Waals surface area contributed by atoms with Gasteiger partial charge >= 0.3 is 5.97 Å². The Morgan fingerprint density at radius 2 is 2.05 bits per heavy atom. The van der Waals surface area contributed by atoms with Crippen molar-refractivity contribution in [2.75, 3.05) is 0 Å². The topological polar surface area (TPSA) is 86.2 Å². The number of aliphatic hydroxyl groups is 1. The molecule has 3 rings (SSSR count). The number of aliphatic hydroxyl groups excluding tert-OH is 1. The smallest absolute Gasteiger partial charge is 0.332 e. The van der Waals surface area contributed by atoms with Crippen molar-refractivity contribution in [2.24, 2.45) is 0 Å². The molecule has 19 heavy (non-hydrogen) atoms. The second-order valence-electron chi connectivity index (χ2n) is 4.41. The summed E-state index contributed by atoms with van der Waals surface area (Å²) in [5.74, 6) is -1.24. The Morgan fingerprint density at radius 1 is 1.26 bits per heavy atom. The van der Waals surface area contributed by atoms with E-state index in [2.05, 4.69) is 9.97 Å². The number of aromatic nitrogens is 2. The molecule has 0 amide bonds. The minimum atomic E-state index is -1.44. The van der Waals surface area contributed by atoms with Gasteiger partial charge in [0.1, 0.15) is 0 Å². The number of pyridine rings is 1. The summed E-state index contributed by atoms with van der Waals surface area (Å²) in [5.41, 5.74) is 2.31. The van der Waals surface area contributed by atoms with Crippen molar-refractivity contribution in [2.45, 2.75) is 12.5 Å². The number of benzene rings is 1. The van der Waals surface area contributed by atoms with Gasteiger partial charge in [-0.1, -0.05) is 18.2 Å². The first-order valence-electron chi connectivity index (χ1n) is 5.92. The van der Waals surface area contributed by atoms with E-state index in [1.807, 2.05) is 30.3 Å². The van der Waals surface area contributed by atoms with Crippen LogP contribution in [0.15, 0.2) is 36.5 Å². The number of hydrogen-bond acceptors (Lipinski definition) is 3. The second-order valence-corrected chi connectivity index (χ2v) is 4.41. The van der Waals surface area contributed by atoms with E-state index in [0.717, 1.165) is 21.8 Å². The Bertz CT molecular complexity index is 764. The first-order chi connectivity index (χ1) is 9.16. The van der Waals surface area contributed by atoms with E-state index in [1.165, 1.54) is 0 Å². The summed E-state index contributed by atoms with van der Waals surface area (Å²) in [6.07, 6.45) is 0.177. The van der Waals surface area contributed by atoms with E-state index in [9.17, 15) is 9.90 Å². The molecule has 0 radical (unpaired) electrons. The van der Waals surface area contributed by atoms with Crippen LogP contribution in [-0.4, -0.2) is 32.3 Å². The van der Waals surface area contributed by atoms with Crippen molar-refractivity contribution in [3.63, 3.8) is 0 Å². The van der Waals surface area contributed by atoms with Crippen LogP contribution in [0.3, 0.4) is 0 Å². The number of para-hydroxylation sites is 1. The molecule has 2 heterocycles. The van der Waals surface area contributed by atoms with Crippen molar-refractivity contribution in [3.8, 4) is 0 Å². The second kappa shape index (κ2) is 4.37. The van der Waals surface area contributed by atoms with Crippen molar-refractivity contribution in [1.29, 1.82) is 0 Å². The number of carboxylic acid groups (broad SMARTS) is 1. The molecule has 0 saturated heterocycles. The minimum absolute atomic E-state index is 0.0144. The number of H-pyrrole nitrogens is 1. The lowest BCUT2D eigenvalue weighted by Gasteiger charge is -2.05. The van der Waals surface area contributed by atoms with Gasteiger partial charge in [0, 0.05) is 28.9 Å². The molecule has 1 unspecified atom stereocenters. The Hall–Kier alpha value is -2.40. The molecule has 0 fully saturated rings. The zero-order chi connectivity index (χ0) is 13.4. The van der Waals surface area contributed by atoms with Crippen LogP contribution in [0.4, 0.5) is 0 Å². The Morgan fingerprint density at radius 3 is 2.84 bits per heavy atom. The maximum absolute atomic E-state index is 10.7. The van der Waals surface area contributed by atoms with Crippen molar-refractivity contribution < 1.29 is 15.0 Å². The molecule has 3 aromatic rings. The third-order valence-electron chi connectivity index (χ3n) is 3.18. The monoisotopic (exact) mass is 256 g/mol. The highest BCUT2D eigenvalue weighted by atomic mass is 16.4. The van der Waals surface area contributed by atoms with Crippen LogP contribution in [0, 0.1) is 0 Å². The molecule has 5 nitrogen and oxygen atoms in total. The zero-order valence-electron chi connectivity index (χ0n) is 10.00. The highest BCUT2D eigenvalue weighted by molar-refractivity contribution is 6.07. The number of carbonyl (C=O) groups is 1. The van der Waals surface area contributed by atoms with Gasteiger partial charge in [-0.15, -0.1) is 0 Å². The highest BCUT2D eigenvalue weighted by Gasteiger charge is 2.17. The molecular formula is C14H12N2O3. The van der Waals surface area contributed by atoms with Gasteiger partial charge in [-0.3, -0.25) is 4.98 Å². The number of aromatic amines is 1. The summed E-state index contributed by atoms with van der Waals surface area (Å²) >= 11 is 0. The Labute approximate surface area is 108 Å². The van der Waals surface area contributed by atoms with Crippen LogP contribution in [0.25, 0.3) is 21.8 Å². The summed E-state index contributed by atoms with van der Waals surface area (Å²) in [5, 5.41) is 20.3. The molecule has 0 aliphatic heterocycles. The molecule has 0 bridgehead atoms. The maximum Gasteiger partial charge on any atom is 0.332 e. The van der Waals surface area contributed by atoms with E-state index in [4.69, 9.17) is 5.11 Å². The van der Waals surface area contributed by atoms with Gasteiger partial charge in [0.15, 0.2) is 6.10 Å². The predicted octanol–water partition coefficient (Wildman–Crippen LogP) is 1.70. The first kappa shape index (κ1) is 11.7. The molecule has 0 saturated carbocycles. The minimum Gasteiger partial charge on any atom is -0.479 e. The average molecular weight is 256 g/mol. The third kappa shape index (κ3) is 1.94. The van der Waals surface area contributed by atoms with E-state index in [1.54, 1.807) is 6.20 Å². The molecule has 0 spiro atoms. The fourth-order valence-electron chi connectivity index (χ4n) is 2.26. The highest BCUT2D eigenvalue weighted by Crippen LogP contribution is 2.26.